The Morgan fingerprint density at radius 2 is 1.34 bits per heavy atom. The van der Waals surface area contributed by atoms with Crippen LogP contribution in [0.15, 0.2) is 109 Å². The number of para-hydroxylation sites is 1. The monoisotopic (exact) mass is 506 g/mol. The van der Waals surface area contributed by atoms with Crippen LogP contribution in [0.3, 0.4) is 0 Å². The lowest BCUT2D eigenvalue weighted by Crippen LogP contribution is -2.46. The highest BCUT2D eigenvalue weighted by atomic mass is 16.7. The number of rotatable bonds is 6. The minimum absolute atomic E-state index is 0.355. The number of carbonyl (C=O) groups is 2. The van der Waals surface area contributed by atoms with E-state index in [0.717, 1.165) is 11.3 Å². The lowest BCUT2D eigenvalue weighted by atomic mass is 9.69. The molecule has 0 spiro atoms. The first-order valence-electron chi connectivity index (χ1n) is 12.3. The van der Waals surface area contributed by atoms with Crippen LogP contribution < -0.4 is 19.4 Å². The van der Waals surface area contributed by atoms with Crippen LogP contribution in [0.2, 0.25) is 0 Å². The standard InChI is InChI=1S/C31H26N2O5/c1-36-25-18-16-21(17-19-25)27-31(22-10-5-3-6-11-22)28(38-33(27)23-12-7-4-8-13-23)29(34)32(30(31)35)24-14-9-15-26(20-24)37-2/h3-20,27-28H,1-2H3/t27-,28-,31-/m1/s1. The van der Waals surface area contributed by atoms with Crippen LogP contribution in [0.5, 0.6) is 11.5 Å². The number of nitrogens with zero attached hydrogens (tertiary/aromatic N) is 2. The summed E-state index contributed by atoms with van der Waals surface area (Å²) in [6.07, 6.45) is -1.09. The summed E-state index contributed by atoms with van der Waals surface area (Å²) in [6.45, 7) is 0. The summed E-state index contributed by atoms with van der Waals surface area (Å²) in [6, 6.07) is 32.8. The van der Waals surface area contributed by atoms with E-state index in [9.17, 15) is 9.59 Å². The number of methoxy groups -OCH3 is 2. The van der Waals surface area contributed by atoms with Gasteiger partial charge in [-0.2, -0.15) is 0 Å². The van der Waals surface area contributed by atoms with Crippen molar-refractivity contribution in [2.45, 2.75) is 17.6 Å². The highest BCUT2D eigenvalue weighted by Crippen LogP contribution is 2.57. The Balaban J connectivity index is 1.60. The Kier molecular flexibility index (Phi) is 5.85. The molecule has 0 N–H and O–H groups in total. The Morgan fingerprint density at radius 3 is 2.00 bits per heavy atom. The van der Waals surface area contributed by atoms with E-state index in [0.29, 0.717) is 22.7 Å². The molecule has 2 fully saturated rings. The second-order valence-electron chi connectivity index (χ2n) is 9.24. The van der Waals surface area contributed by atoms with Crippen molar-refractivity contribution in [1.29, 1.82) is 0 Å². The van der Waals surface area contributed by atoms with Gasteiger partial charge in [-0.25, -0.2) is 9.96 Å². The number of carbonyl (C=O) groups excluding carboxylic acids is 2. The molecule has 190 valence electrons. The van der Waals surface area contributed by atoms with Crippen LogP contribution in [-0.4, -0.2) is 32.1 Å². The van der Waals surface area contributed by atoms with Crippen LogP contribution in [-0.2, 0) is 19.8 Å². The third kappa shape index (κ3) is 3.47. The van der Waals surface area contributed by atoms with Crippen molar-refractivity contribution in [2.24, 2.45) is 0 Å². The maximum Gasteiger partial charge on any atom is 0.267 e. The van der Waals surface area contributed by atoms with Crippen LogP contribution in [0.4, 0.5) is 11.4 Å². The van der Waals surface area contributed by atoms with E-state index in [1.165, 1.54) is 4.90 Å². The fraction of sp³-hybridized carbons (Fsp3) is 0.161. The van der Waals surface area contributed by atoms with E-state index in [2.05, 4.69) is 0 Å². The van der Waals surface area contributed by atoms with Gasteiger partial charge in [0.05, 0.1) is 25.6 Å². The van der Waals surface area contributed by atoms with Crippen molar-refractivity contribution in [2.75, 3.05) is 24.2 Å². The highest BCUT2D eigenvalue weighted by Gasteiger charge is 2.72. The van der Waals surface area contributed by atoms with E-state index in [-0.39, 0.29) is 5.91 Å². The molecule has 0 bridgehead atoms. The number of amides is 2. The molecule has 3 atom stereocenters. The van der Waals surface area contributed by atoms with Crippen molar-refractivity contribution in [3.8, 4) is 11.5 Å². The number of benzene rings is 4. The molecule has 38 heavy (non-hydrogen) atoms. The van der Waals surface area contributed by atoms with Gasteiger partial charge in [0.15, 0.2) is 6.10 Å². The largest absolute Gasteiger partial charge is 0.497 e. The van der Waals surface area contributed by atoms with Gasteiger partial charge in [-0.05, 0) is 47.5 Å². The molecule has 0 saturated carbocycles. The molecule has 4 aromatic rings. The number of ether oxygens (including phenoxy) is 2. The Bertz CT molecular complexity index is 1480. The topological polar surface area (TPSA) is 68.3 Å². The SMILES string of the molecule is COc1ccc([C@H]2N(c3ccccc3)O[C@@H]3C(=O)N(c4cccc(OC)c4)C(=O)[C@@]32c2ccccc2)cc1. The van der Waals surface area contributed by atoms with Crippen molar-refractivity contribution < 1.29 is 23.9 Å². The predicted molar refractivity (Wildman–Crippen MR) is 143 cm³/mol. The first-order chi connectivity index (χ1) is 18.6. The van der Waals surface area contributed by atoms with Crippen molar-refractivity contribution in [1.82, 2.24) is 0 Å². The minimum Gasteiger partial charge on any atom is -0.497 e. The molecule has 0 aromatic heterocycles. The van der Waals surface area contributed by atoms with Gasteiger partial charge in [0.2, 0.25) is 5.91 Å². The van der Waals surface area contributed by atoms with Crippen molar-refractivity contribution in [3.05, 3.63) is 120 Å². The molecule has 4 aromatic carbocycles. The number of hydrogen-bond acceptors (Lipinski definition) is 6. The summed E-state index contributed by atoms with van der Waals surface area (Å²) in [5, 5.41) is 1.71. The molecule has 7 heteroatoms. The molecule has 2 saturated heterocycles. The van der Waals surface area contributed by atoms with E-state index in [1.807, 2.05) is 84.9 Å². The zero-order valence-corrected chi connectivity index (χ0v) is 21.0. The predicted octanol–water partition coefficient (Wildman–Crippen LogP) is 5.08. The summed E-state index contributed by atoms with van der Waals surface area (Å²) in [7, 11) is 3.16. The van der Waals surface area contributed by atoms with Crippen LogP contribution in [0, 0.1) is 0 Å². The van der Waals surface area contributed by atoms with Gasteiger partial charge in [-0.15, -0.1) is 0 Å². The van der Waals surface area contributed by atoms with Gasteiger partial charge < -0.3 is 9.47 Å². The molecular formula is C31H26N2O5. The average Bonchev–Trinajstić information content (AvgIpc) is 3.45. The van der Waals surface area contributed by atoms with Gasteiger partial charge >= 0.3 is 0 Å². The van der Waals surface area contributed by atoms with E-state index in [1.54, 1.807) is 43.5 Å². The highest BCUT2D eigenvalue weighted by molar-refractivity contribution is 6.28. The summed E-state index contributed by atoms with van der Waals surface area (Å²) in [4.78, 5) is 36.6. The second-order valence-corrected chi connectivity index (χ2v) is 9.24. The van der Waals surface area contributed by atoms with Crippen molar-refractivity contribution in [3.63, 3.8) is 0 Å². The summed E-state index contributed by atoms with van der Waals surface area (Å²) in [5.74, 6) is 0.457. The van der Waals surface area contributed by atoms with Crippen LogP contribution in [0.25, 0.3) is 0 Å². The van der Waals surface area contributed by atoms with Crippen LogP contribution >= 0.6 is 0 Å². The van der Waals surface area contributed by atoms with Gasteiger partial charge in [0.1, 0.15) is 23.0 Å². The lowest BCUT2D eigenvalue weighted by Gasteiger charge is -2.35. The van der Waals surface area contributed by atoms with E-state index < -0.39 is 23.5 Å². The normalized spacial score (nSPS) is 22.5. The quantitative estimate of drug-likeness (QED) is 0.340. The number of hydrogen-bond donors (Lipinski definition) is 0. The van der Waals surface area contributed by atoms with E-state index >= 15 is 0 Å². The minimum atomic E-state index is -1.36. The molecule has 6 rings (SSSR count). The van der Waals surface area contributed by atoms with Gasteiger partial charge in [0.25, 0.3) is 5.91 Å². The fourth-order valence-corrected chi connectivity index (χ4v) is 5.57. The average molecular weight is 507 g/mol. The summed E-state index contributed by atoms with van der Waals surface area (Å²) < 4.78 is 10.8. The van der Waals surface area contributed by atoms with Gasteiger partial charge in [-0.1, -0.05) is 66.7 Å². The van der Waals surface area contributed by atoms with E-state index in [4.69, 9.17) is 14.3 Å². The smallest absolute Gasteiger partial charge is 0.267 e. The third-order valence-electron chi connectivity index (χ3n) is 7.31. The number of fused-ring (bicyclic) bond motifs is 1. The Labute approximate surface area is 220 Å². The molecule has 2 heterocycles. The number of anilines is 2. The zero-order valence-electron chi connectivity index (χ0n) is 21.0. The van der Waals surface area contributed by atoms with Crippen molar-refractivity contribution >= 4 is 23.2 Å². The second kappa shape index (κ2) is 9.36. The zero-order chi connectivity index (χ0) is 26.3. The maximum absolute atomic E-state index is 14.7. The molecule has 0 unspecified atom stereocenters. The lowest BCUT2D eigenvalue weighted by molar-refractivity contribution is -0.126. The molecule has 2 aliphatic heterocycles. The summed E-state index contributed by atoms with van der Waals surface area (Å²) >= 11 is 0. The first-order valence-corrected chi connectivity index (χ1v) is 12.3. The van der Waals surface area contributed by atoms with Crippen LogP contribution in [0.1, 0.15) is 17.2 Å². The Morgan fingerprint density at radius 1 is 0.711 bits per heavy atom. The Hall–Kier alpha value is -4.62. The fourth-order valence-electron chi connectivity index (χ4n) is 5.57. The molecular weight excluding hydrogens is 480 g/mol. The first kappa shape index (κ1) is 23.8. The number of imide groups is 1. The molecule has 2 aliphatic rings. The van der Waals surface area contributed by atoms with Gasteiger partial charge in [-0.3, -0.25) is 14.4 Å². The molecule has 0 aliphatic carbocycles. The molecule has 7 nitrogen and oxygen atoms in total. The number of hydroxylamine groups is 1. The molecule has 0 radical (unpaired) electrons. The maximum atomic E-state index is 14.7. The molecule has 2 amide bonds. The summed E-state index contributed by atoms with van der Waals surface area (Å²) in [5.41, 5.74) is 1.34. The van der Waals surface area contributed by atoms with Gasteiger partial charge in [0, 0.05) is 6.07 Å². The third-order valence-corrected chi connectivity index (χ3v) is 7.31.